The van der Waals surface area contributed by atoms with Crippen LogP contribution in [0.3, 0.4) is 0 Å². The summed E-state index contributed by atoms with van der Waals surface area (Å²) in [7, 11) is 0. The van der Waals surface area contributed by atoms with Crippen LogP contribution in [0.25, 0.3) is 21.8 Å². The summed E-state index contributed by atoms with van der Waals surface area (Å²) in [5.41, 5.74) is 9.17. The number of nitrogens with zero attached hydrogens (tertiary/aromatic N) is 3. The van der Waals surface area contributed by atoms with Crippen molar-refractivity contribution < 1.29 is 0 Å². The molecule has 4 saturated carbocycles. The predicted octanol–water partition coefficient (Wildman–Crippen LogP) is 7.25. The minimum atomic E-state index is 0.450. The molecule has 2 aromatic carbocycles. The van der Waals surface area contributed by atoms with E-state index in [0.29, 0.717) is 10.8 Å². The van der Waals surface area contributed by atoms with Crippen molar-refractivity contribution in [2.45, 2.75) is 51.4 Å². The number of hydrogen-bond acceptors (Lipinski definition) is 4. The molecule has 0 saturated heterocycles. The van der Waals surface area contributed by atoms with Crippen molar-refractivity contribution in [2.24, 2.45) is 28.4 Å². The topological polar surface area (TPSA) is 55.0 Å². The van der Waals surface area contributed by atoms with Gasteiger partial charge in [0.25, 0.3) is 0 Å². The lowest BCUT2D eigenvalue weighted by Gasteiger charge is -2.63. The van der Waals surface area contributed by atoms with Crippen molar-refractivity contribution in [1.29, 1.82) is 0 Å². The van der Waals surface area contributed by atoms with E-state index in [4.69, 9.17) is 15.7 Å². The number of pyridine rings is 2. The predicted molar refractivity (Wildman–Crippen MR) is 148 cm³/mol. The summed E-state index contributed by atoms with van der Waals surface area (Å²) in [5.74, 6) is 3.81. The highest BCUT2D eigenvalue weighted by Gasteiger charge is 2.56. The van der Waals surface area contributed by atoms with Crippen LogP contribution < -0.4 is 10.6 Å². The summed E-state index contributed by atoms with van der Waals surface area (Å²) in [6.07, 6.45) is 10.9. The second-order valence-electron chi connectivity index (χ2n) is 12.1. The first-order valence-electron chi connectivity index (χ1n) is 13.8. The summed E-state index contributed by atoms with van der Waals surface area (Å²) in [5, 5.41) is 2.36. The number of rotatable bonds is 7. The standard InChI is InChI=1S/C32H36N4/c33-15-13-31-18-23-17-24(19-31)21-32(20-23,22-31)14-16-36(29-11-9-25-5-1-3-7-27(25)34-29)30-12-10-26-6-2-4-8-28(26)35-30/h1-12,23-24H,13-22,33H2. The molecule has 2 aromatic heterocycles. The zero-order valence-corrected chi connectivity index (χ0v) is 21.1. The Kier molecular flexibility index (Phi) is 5.28. The first-order valence-corrected chi connectivity index (χ1v) is 13.8. The summed E-state index contributed by atoms with van der Waals surface area (Å²) < 4.78 is 0. The Morgan fingerprint density at radius 3 is 1.78 bits per heavy atom. The van der Waals surface area contributed by atoms with Gasteiger partial charge in [-0.25, -0.2) is 9.97 Å². The molecule has 2 heterocycles. The fraction of sp³-hybridized carbons (Fsp3) is 0.438. The molecule has 0 radical (unpaired) electrons. The maximum atomic E-state index is 6.13. The van der Waals surface area contributed by atoms with E-state index in [0.717, 1.165) is 47.6 Å². The van der Waals surface area contributed by atoms with Crippen molar-refractivity contribution in [3.63, 3.8) is 0 Å². The number of para-hydroxylation sites is 2. The van der Waals surface area contributed by atoms with E-state index in [-0.39, 0.29) is 0 Å². The van der Waals surface area contributed by atoms with Crippen LogP contribution in [0.2, 0.25) is 0 Å². The number of benzene rings is 2. The lowest BCUT2D eigenvalue weighted by molar-refractivity contribution is -0.115. The van der Waals surface area contributed by atoms with E-state index < -0.39 is 0 Å². The number of anilines is 2. The molecule has 184 valence electrons. The molecular weight excluding hydrogens is 440 g/mol. The van der Waals surface area contributed by atoms with Crippen molar-refractivity contribution in [2.75, 3.05) is 18.0 Å². The minimum absolute atomic E-state index is 0.450. The van der Waals surface area contributed by atoms with Crippen LogP contribution in [0.5, 0.6) is 0 Å². The normalized spacial score (nSPS) is 28.7. The molecule has 2 N–H and O–H groups in total. The van der Waals surface area contributed by atoms with Crippen LogP contribution in [0.1, 0.15) is 51.4 Å². The fourth-order valence-electron chi connectivity index (χ4n) is 8.65. The van der Waals surface area contributed by atoms with Gasteiger partial charge in [0.05, 0.1) is 11.0 Å². The molecule has 4 aliphatic carbocycles. The first-order chi connectivity index (χ1) is 17.6. The van der Waals surface area contributed by atoms with Gasteiger partial charge in [0.2, 0.25) is 0 Å². The molecule has 2 unspecified atom stereocenters. The summed E-state index contributed by atoms with van der Waals surface area (Å²) in [6, 6.07) is 25.6. The Hall–Kier alpha value is -2.98. The van der Waals surface area contributed by atoms with Crippen LogP contribution >= 0.6 is 0 Å². The first kappa shape index (κ1) is 22.2. The van der Waals surface area contributed by atoms with Gasteiger partial charge in [0.15, 0.2) is 0 Å². The second kappa shape index (κ2) is 8.55. The van der Waals surface area contributed by atoms with Crippen molar-refractivity contribution in [3.8, 4) is 0 Å². The number of aromatic nitrogens is 2. The SMILES string of the molecule is NCCC12CC3CC(C1)CC(CCN(c1ccc4ccccc4n1)c1ccc4ccccc4n1)(C3)C2. The van der Waals surface area contributed by atoms with Crippen LogP contribution in [0.15, 0.2) is 72.8 Å². The Labute approximate surface area is 213 Å². The highest BCUT2D eigenvalue weighted by Crippen LogP contribution is 2.67. The molecular formula is C32H36N4. The molecule has 0 spiro atoms. The van der Waals surface area contributed by atoms with E-state index in [9.17, 15) is 0 Å². The largest absolute Gasteiger partial charge is 0.330 e. The third-order valence-electron chi connectivity index (χ3n) is 9.56. The van der Waals surface area contributed by atoms with Gasteiger partial charge in [-0.1, -0.05) is 36.4 Å². The molecule has 36 heavy (non-hydrogen) atoms. The van der Waals surface area contributed by atoms with Gasteiger partial charge >= 0.3 is 0 Å². The van der Waals surface area contributed by atoms with Gasteiger partial charge in [0.1, 0.15) is 11.6 Å². The van der Waals surface area contributed by atoms with Crippen molar-refractivity contribution in [1.82, 2.24) is 9.97 Å². The molecule has 8 rings (SSSR count). The van der Waals surface area contributed by atoms with E-state index >= 15 is 0 Å². The number of nitrogens with two attached hydrogens (primary N) is 1. The van der Waals surface area contributed by atoms with E-state index in [1.807, 2.05) is 0 Å². The Morgan fingerprint density at radius 2 is 1.22 bits per heavy atom. The van der Waals surface area contributed by atoms with Crippen LogP contribution in [-0.2, 0) is 0 Å². The highest BCUT2D eigenvalue weighted by atomic mass is 15.2. The average Bonchev–Trinajstić information content (AvgIpc) is 2.88. The highest BCUT2D eigenvalue weighted by molar-refractivity contribution is 5.83. The van der Waals surface area contributed by atoms with Gasteiger partial charge in [-0.15, -0.1) is 0 Å². The smallest absolute Gasteiger partial charge is 0.134 e. The average molecular weight is 477 g/mol. The zero-order valence-electron chi connectivity index (χ0n) is 21.1. The molecule has 4 aliphatic rings. The summed E-state index contributed by atoms with van der Waals surface area (Å²) >= 11 is 0. The molecule has 0 aliphatic heterocycles. The molecule has 4 nitrogen and oxygen atoms in total. The Balaban J connectivity index is 1.24. The molecule has 2 atom stereocenters. The Bertz CT molecular complexity index is 1320. The summed E-state index contributed by atoms with van der Waals surface area (Å²) in [6.45, 7) is 1.79. The van der Waals surface area contributed by atoms with Gasteiger partial charge in [-0.3, -0.25) is 0 Å². The fourth-order valence-corrected chi connectivity index (χ4v) is 8.65. The molecule has 4 heteroatoms. The second-order valence-corrected chi connectivity index (χ2v) is 12.1. The lowest BCUT2D eigenvalue weighted by Crippen LogP contribution is -2.53. The quantitative estimate of drug-likeness (QED) is 0.305. The van der Waals surface area contributed by atoms with E-state index in [1.165, 1.54) is 62.1 Å². The van der Waals surface area contributed by atoms with Gasteiger partial charge in [0, 0.05) is 17.3 Å². The minimum Gasteiger partial charge on any atom is -0.330 e. The van der Waals surface area contributed by atoms with Crippen LogP contribution in [-0.4, -0.2) is 23.1 Å². The van der Waals surface area contributed by atoms with Crippen molar-refractivity contribution in [3.05, 3.63) is 72.8 Å². The maximum Gasteiger partial charge on any atom is 0.134 e. The molecule has 4 fully saturated rings. The molecule has 4 bridgehead atoms. The lowest BCUT2D eigenvalue weighted by atomic mass is 9.43. The van der Waals surface area contributed by atoms with Crippen LogP contribution in [0.4, 0.5) is 11.6 Å². The summed E-state index contributed by atoms with van der Waals surface area (Å²) in [4.78, 5) is 12.6. The monoisotopic (exact) mass is 476 g/mol. The number of fused-ring (bicyclic) bond motifs is 2. The zero-order chi connectivity index (χ0) is 24.2. The maximum absolute atomic E-state index is 6.13. The van der Waals surface area contributed by atoms with Gasteiger partial charge in [-0.05, 0) is 117 Å². The molecule has 0 amide bonds. The third kappa shape index (κ3) is 3.87. The van der Waals surface area contributed by atoms with Gasteiger partial charge < -0.3 is 10.6 Å². The number of hydrogen-bond donors (Lipinski definition) is 1. The van der Waals surface area contributed by atoms with Crippen LogP contribution in [0, 0.1) is 22.7 Å². The van der Waals surface area contributed by atoms with E-state index in [2.05, 4.69) is 77.7 Å². The van der Waals surface area contributed by atoms with Gasteiger partial charge in [-0.2, -0.15) is 0 Å². The van der Waals surface area contributed by atoms with Crippen molar-refractivity contribution >= 4 is 33.4 Å². The molecule has 4 aromatic rings. The third-order valence-corrected chi connectivity index (χ3v) is 9.56. The Morgan fingerprint density at radius 1 is 0.694 bits per heavy atom. The van der Waals surface area contributed by atoms with E-state index in [1.54, 1.807) is 0 Å².